The molecule has 2 aromatic carbocycles. The Morgan fingerprint density at radius 3 is 2.81 bits per heavy atom. The highest BCUT2D eigenvalue weighted by atomic mass is 16.2. The number of aryl methyl sites for hydroxylation is 1. The topological polar surface area (TPSA) is 91.2 Å². The molecule has 3 aromatic rings. The van der Waals surface area contributed by atoms with Crippen LogP contribution in [0.1, 0.15) is 27.2 Å². The molecule has 0 radical (unpaired) electrons. The SMILES string of the molecule is Cc1[nH]c2ccccc2c1C(=O)Nc1ccc2c(c1)CN(CC(N)=O)CC2. The summed E-state index contributed by atoms with van der Waals surface area (Å²) in [5.74, 6) is -0.451. The van der Waals surface area contributed by atoms with Gasteiger partial charge < -0.3 is 16.0 Å². The maximum Gasteiger partial charge on any atom is 0.258 e. The minimum atomic E-state index is -0.322. The first-order chi connectivity index (χ1) is 13.0. The largest absolute Gasteiger partial charge is 0.369 e. The number of para-hydroxylation sites is 1. The van der Waals surface area contributed by atoms with Crippen LogP contribution in [0.15, 0.2) is 42.5 Å². The number of fused-ring (bicyclic) bond motifs is 2. The Hall–Kier alpha value is -3.12. The second-order valence-electron chi connectivity index (χ2n) is 7.04. The highest BCUT2D eigenvalue weighted by Crippen LogP contribution is 2.25. The number of H-pyrrole nitrogens is 1. The Kier molecular flexibility index (Phi) is 4.41. The standard InChI is InChI=1S/C21H22N4O2/c1-13-20(17-4-2-3-5-18(17)23-13)21(27)24-16-7-6-14-8-9-25(12-19(22)26)11-15(14)10-16/h2-7,10,23H,8-9,11-12H2,1H3,(H2,22,26)(H,24,27). The molecule has 0 aliphatic carbocycles. The average molecular weight is 362 g/mol. The maximum atomic E-state index is 12.9. The Balaban J connectivity index is 1.57. The van der Waals surface area contributed by atoms with Crippen LogP contribution in [0.25, 0.3) is 10.9 Å². The van der Waals surface area contributed by atoms with Crippen molar-refractivity contribution < 1.29 is 9.59 Å². The van der Waals surface area contributed by atoms with E-state index in [1.807, 2.05) is 48.2 Å². The quantitative estimate of drug-likeness (QED) is 0.666. The molecule has 27 heavy (non-hydrogen) atoms. The lowest BCUT2D eigenvalue weighted by atomic mass is 9.99. The molecule has 0 fully saturated rings. The molecule has 0 spiro atoms. The summed E-state index contributed by atoms with van der Waals surface area (Å²) in [7, 11) is 0. The van der Waals surface area contributed by atoms with E-state index in [2.05, 4.69) is 16.4 Å². The number of hydrogen-bond donors (Lipinski definition) is 3. The molecule has 0 saturated carbocycles. The number of nitrogens with zero attached hydrogens (tertiary/aromatic N) is 1. The van der Waals surface area contributed by atoms with Gasteiger partial charge in [-0.25, -0.2) is 0 Å². The first-order valence-electron chi connectivity index (χ1n) is 9.02. The van der Waals surface area contributed by atoms with E-state index in [1.165, 1.54) is 5.56 Å². The number of benzene rings is 2. The smallest absolute Gasteiger partial charge is 0.258 e. The van der Waals surface area contributed by atoms with Crippen molar-refractivity contribution in [3.8, 4) is 0 Å². The summed E-state index contributed by atoms with van der Waals surface area (Å²) in [5, 5.41) is 3.93. The van der Waals surface area contributed by atoms with Gasteiger partial charge in [0.15, 0.2) is 0 Å². The average Bonchev–Trinajstić information content (AvgIpc) is 2.96. The molecule has 1 aromatic heterocycles. The molecule has 0 saturated heterocycles. The highest BCUT2D eigenvalue weighted by Gasteiger charge is 2.19. The number of carbonyl (C=O) groups is 2. The van der Waals surface area contributed by atoms with Gasteiger partial charge in [-0.05, 0) is 42.7 Å². The lowest BCUT2D eigenvalue weighted by Crippen LogP contribution is -2.37. The lowest BCUT2D eigenvalue weighted by molar-refractivity contribution is -0.119. The zero-order chi connectivity index (χ0) is 19.0. The van der Waals surface area contributed by atoms with Crippen LogP contribution in [0.4, 0.5) is 5.69 Å². The van der Waals surface area contributed by atoms with E-state index in [1.54, 1.807) is 0 Å². The minimum Gasteiger partial charge on any atom is -0.369 e. The van der Waals surface area contributed by atoms with Gasteiger partial charge >= 0.3 is 0 Å². The number of aromatic nitrogens is 1. The van der Waals surface area contributed by atoms with Gasteiger partial charge in [-0.3, -0.25) is 14.5 Å². The van der Waals surface area contributed by atoms with E-state index >= 15 is 0 Å². The van der Waals surface area contributed by atoms with E-state index in [4.69, 9.17) is 5.73 Å². The van der Waals surface area contributed by atoms with Crippen LogP contribution in [0, 0.1) is 6.92 Å². The van der Waals surface area contributed by atoms with E-state index in [0.717, 1.165) is 40.8 Å². The maximum absolute atomic E-state index is 12.9. The van der Waals surface area contributed by atoms with Crippen molar-refractivity contribution in [2.75, 3.05) is 18.4 Å². The van der Waals surface area contributed by atoms with Gasteiger partial charge in [0.2, 0.25) is 5.91 Å². The third-order valence-electron chi connectivity index (χ3n) is 5.06. The fourth-order valence-electron chi connectivity index (χ4n) is 3.81. The monoisotopic (exact) mass is 362 g/mol. The van der Waals surface area contributed by atoms with Crippen molar-refractivity contribution in [3.05, 3.63) is 64.8 Å². The van der Waals surface area contributed by atoms with Crippen LogP contribution >= 0.6 is 0 Å². The second kappa shape index (κ2) is 6.89. The summed E-state index contributed by atoms with van der Waals surface area (Å²) < 4.78 is 0. The first kappa shape index (κ1) is 17.3. The molecule has 6 heteroatoms. The summed E-state index contributed by atoms with van der Waals surface area (Å²) in [6.07, 6.45) is 0.873. The van der Waals surface area contributed by atoms with Crippen LogP contribution in [0.2, 0.25) is 0 Å². The Morgan fingerprint density at radius 2 is 2.00 bits per heavy atom. The van der Waals surface area contributed by atoms with Gasteiger partial charge in [0, 0.05) is 35.4 Å². The third-order valence-corrected chi connectivity index (χ3v) is 5.06. The number of hydrogen-bond acceptors (Lipinski definition) is 3. The molecule has 2 amide bonds. The molecule has 1 aliphatic heterocycles. The van der Waals surface area contributed by atoms with Gasteiger partial charge in [-0.1, -0.05) is 24.3 Å². The molecular formula is C21H22N4O2. The van der Waals surface area contributed by atoms with Gasteiger partial charge in [0.25, 0.3) is 5.91 Å². The van der Waals surface area contributed by atoms with E-state index in [-0.39, 0.29) is 18.4 Å². The summed E-state index contributed by atoms with van der Waals surface area (Å²) in [6.45, 7) is 3.64. The first-order valence-corrected chi connectivity index (χ1v) is 9.02. The number of anilines is 1. The zero-order valence-corrected chi connectivity index (χ0v) is 15.2. The summed E-state index contributed by atoms with van der Waals surface area (Å²) >= 11 is 0. The Labute approximate surface area is 157 Å². The van der Waals surface area contributed by atoms with Crippen molar-refractivity contribution in [2.24, 2.45) is 5.73 Å². The van der Waals surface area contributed by atoms with Gasteiger partial charge in [0.05, 0.1) is 12.1 Å². The normalized spacial score (nSPS) is 14.1. The summed E-state index contributed by atoms with van der Waals surface area (Å²) in [6, 6.07) is 13.8. The van der Waals surface area contributed by atoms with Crippen molar-refractivity contribution in [1.82, 2.24) is 9.88 Å². The zero-order valence-electron chi connectivity index (χ0n) is 15.2. The van der Waals surface area contributed by atoms with Crippen LogP contribution in [-0.2, 0) is 17.8 Å². The third kappa shape index (κ3) is 3.44. The fraction of sp³-hybridized carbons (Fsp3) is 0.238. The van der Waals surface area contributed by atoms with E-state index in [0.29, 0.717) is 12.1 Å². The molecule has 0 unspecified atom stereocenters. The van der Waals surface area contributed by atoms with Gasteiger partial charge in [0.1, 0.15) is 0 Å². The van der Waals surface area contributed by atoms with Crippen molar-refractivity contribution >= 4 is 28.4 Å². The van der Waals surface area contributed by atoms with E-state index < -0.39 is 0 Å². The van der Waals surface area contributed by atoms with Crippen LogP contribution in [-0.4, -0.2) is 34.8 Å². The molecule has 0 atom stereocenters. The Morgan fingerprint density at radius 1 is 1.19 bits per heavy atom. The number of carbonyl (C=O) groups excluding carboxylic acids is 2. The molecule has 0 bridgehead atoms. The molecular weight excluding hydrogens is 340 g/mol. The van der Waals surface area contributed by atoms with Crippen LogP contribution in [0.3, 0.4) is 0 Å². The van der Waals surface area contributed by atoms with Crippen LogP contribution < -0.4 is 11.1 Å². The molecule has 1 aliphatic rings. The fourth-order valence-corrected chi connectivity index (χ4v) is 3.81. The molecule has 138 valence electrons. The predicted octanol–water partition coefficient (Wildman–Crippen LogP) is 2.57. The summed E-state index contributed by atoms with van der Waals surface area (Å²) in [5.41, 5.74) is 10.9. The number of aromatic amines is 1. The molecule has 4 N–H and O–H groups in total. The van der Waals surface area contributed by atoms with Crippen LogP contribution in [0.5, 0.6) is 0 Å². The summed E-state index contributed by atoms with van der Waals surface area (Å²) in [4.78, 5) is 29.4. The van der Waals surface area contributed by atoms with Crippen molar-refractivity contribution in [3.63, 3.8) is 0 Å². The number of nitrogens with two attached hydrogens (primary N) is 1. The number of rotatable bonds is 4. The lowest BCUT2D eigenvalue weighted by Gasteiger charge is -2.28. The Bertz CT molecular complexity index is 1040. The highest BCUT2D eigenvalue weighted by molar-refractivity contribution is 6.13. The van der Waals surface area contributed by atoms with Crippen molar-refractivity contribution in [2.45, 2.75) is 19.9 Å². The minimum absolute atomic E-state index is 0.130. The second-order valence-corrected chi connectivity index (χ2v) is 7.04. The van der Waals surface area contributed by atoms with Crippen molar-refractivity contribution in [1.29, 1.82) is 0 Å². The number of amides is 2. The number of nitrogens with one attached hydrogen (secondary N) is 2. The molecule has 2 heterocycles. The van der Waals surface area contributed by atoms with E-state index in [9.17, 15) is 9.59 Å². The predicted molar refractivity (Wildman–Crippen MR) is 106 cm³/mol. The molecule has 6 nitrogen and oxygen atoms in total. The van der Waals surface area contributed by atoms with Gasteiger partial charge in [-0.2, -0.15) is 0 Å². The number of primary amides is 1. The molecule has 4 rings (SSSR count). The van der Waals surface area contributed by atoms with Gasteiger partial charge in [-0.15, -0.1) is 0 Å².